The van der Waals surface area contributed by atoms with Crippen molar-refractivity contribution < 1.29 is 24.2 Å². The fourth-order valence-electron chi connectivity index (χ4n) is 4.64. The van der Waals surface area contributed by atoms with E-state index in [0.717, 1.165) is 17.5 Å². The van der Waals surface area contributed by atoms with Crippen molar-refractivity contribution in [3.8, 4) is 11.8 Å². The predicted octanol–water partition coefficient (Wildman–Crippen LogP) is 5.98. The molecular weight excluding hydrogens is 505 g/mol. The number of nitrogens with one attached hydrogen (secondary N) is 1. The van der Waals surface area contributed by atoms with Crippen molar-refractivity contribution in [1.82, 2.24) is 4.72 Å². The highest BCUT2D eigenvalue weighted by molar-refractivity contribution is 7.97. The first-order valence-corrected chi connectivity index (χ1v) is 13.2. The van der Waals surface area contributed by atoms with Crippen LogP contribution in [0.25, 0.3) is 0 Å². The Labute approximate surface area is 225 Å². The fourth-order valence-corrected chi connectivity index (χ4v) is 5.31. The molecule has 0 radical (unpaired) electrons. The second-order valence-electron chi connectivity index (χ2n) is 9.24. The van der Waals surface area contributed by atoms with Crippen LogP contribution >= 0.6 is 11.9 Å². The second-order valence-corrected chi connectivity index (χ2v) is 10.2. The van der Waals surface area contributed by atoms with Crippen LogP contribution < -0.4 is 9.62 Å². The molecule has 196 valence electrons. The summed E-state index contributed by atoms with van der Waals surface area (Å²) in [6.07, 6.45) is 6.14. The lowest BCUT2D eigenvalue weighted by atomic mass is 9.84. The van der Waals surface area contributed by atoms with Gasteiger partial charge < -0.3 is 15.1 Å². The van der Waals surface area contributed by atoms with E-state index in [9.17, 15) is 24.2 Å². The number of rotatable bonds is 9. The van der Waals surface area contributed by atoms with E-state index >= 15 is 0 Å². The lowest BCUT2D eigenvalue weighted by molar-refractivity contribution is -0.117. The van der Waals surface area contributed by atoms with Crippen LogP contribution in [0.3, 0.4) is 0 Å². The zero-order valence-electron chi connectivity index (χ0n) is 20.7. The molecule has 0 aromatic heterocycles. The van der Waals surface area contributed by atoms with Gasteiger partial charge in [0.25, 0.3) is 0 Å². The zero-order chi connectivity index (χ0) is 27.1. The number of anilines is 1. The predicted molar refractivity (Wildman–Crippen MR) is 143 cm³/mol. The zero-order valence-corrected chi connectivity index (χ0v) is 21.5. The first-order chi connectivity index (χ1) is 18.4. The highest BCUT2D eigenvalue weighted by Crippen LogP contribution is 2.33. The van der Waals surface area contributed by atoms with Gasteiger partial charge in [-0.15, -0.1) is 0 Å². The summed E-state index contributed by atoms with van der Waals surface area (Å²) < 4.78 is 16.5. The van der Waals surface area contributed by atoms with Gasteiger partial charge in [-0.1, -0.05) is 43.5 Å². The topological polar surface area (TPSA) is 114 Å². The molecule has 0 bridgehead atoms. The number of carbonyl (C=O) groups is 2. The summed E-state index contributed by atoms with van der Waals surface area (Å²) >= 11 is 1.09. The molecule has 1 saturated carbocycles. The number of hydrogen-bond donors (Lipinski definition) is 3. The van der Waals surface area contributed by atoms with Crippen molar-refractivity contribution in [1.29, 1.82) is 5.26 Å². The van der Waals surface area contributed by atoms with Gasteiger partial charge in [0.2, 0.25) is 5.91 Å². The van der Waals surface area contributed by atoms with E-state index in [2.05, 4.69) is 16.9 Å². The van der Waals surface area contributed by atoms with Crippen LogP contribution in [0.4, 0.5) is 10.1 Å². The molecule has 0 atom stereocenters. The number of aromatic carboxylic acids is 1. The fraction of sp³-hybridized carbons (Fsp3) is 0.276. The third-order valence-electron chi connectivity index (χ3n) is 6.69. The molecule has 4 rings (SSSR count). The molecule has 0 saturated heterocycles. The van der Waals surface area contributed by atoms with E-state index in [1.54, 1.807) is 6.07 Å². The van der Waals surface area contributed by atoms with E-state index in [0.29, 0.717) is 16.5 Å². The van der Waals surface area contributed by atoms with Crippen molar-refractivity contribution in [2.75, 3.05) is 11.4 Å². The van der Waals surface area contributed by atoms with Crippen LogP contribution in [-0.4, -0.2) is 28.6 Å². The number of aromatic hydroxyl groups is 1. The summed E-state index contributed by atoms with van der Waals surface area (Å²) in [5, 5.41) is 28.5. The Morgan fingerprint density at radius 2 is 1.79 bits per heavy atom. The lowest BCUT2D eigenvalue weighted by Crippen LogP contribution is -2.36. The van der Waals surface area contributed by atoms with Gasteiger partial charge in [0.1, 0.15) is 23.2 Å². The SMILES string of the molecule is N#Cc1cc(SNCC(=O)N(Cc2ccc(C3CCCCC3)cc2)c2ccc(C(=O)O)c(O)c2)ccc1F. The molecular formula is C29H28FN3O4S. The van der Waals surface area contributed by atoms with Crippen LogP contribution in [-0.2, 0) is 11.3 Å². The molecule has 0 aliphatic heterocycles. The minimum absolute atomic E-state index is 0.0876. The number of nitriles is 1. The smallest absolute Gasteiger partial charge is 0.339 e. The monoisotopic (exact) mass is 533 g/mol. The Bertz CT molecular complexity index is 1350. The van der Waals surface area contributed by atoms with Crippen LogP contribution in [0, 0.1) is 17.1 Å². The molecule has 1 aliphatic carbocycles. The average Bonchev–Trinajstić information content (AvgIpc) is 2.93. The van der Waals surface area contributed by atoms with Crippen LogP contribution in [0.1, 0.15) is 65.1 Å². The summed E-state index contributed by atoms with van der Waals surface area (Å²) in [4.78, 5) is 26.7. The first-order valence-electron chi connectivity index (χ1n) is 12.4. The van der Waals surface area contributed by atoms with Crippen molar-refractivity contribution in [3.05, 3.63) is 88.7 Å². The number of amides is 1. The van der Waals surface area contributed by atoms with Gasteiger partial charge in [-0.25, -0.2) is 9.18 Å². The summed E-state index contributed by atoms with van der Waals surface area (Å²) in [6.45, 7) is 0.114. The average molecular weight is 534 g/mol. The molecule has 7 nitrogen and oxygen atoms in total. The van der Waals surface area contributed by atoms with Crippen molar-refractivity contribution in [2.24, 2.45) is 0 Å². The van der Waals surface area contributed by atoms with E-state index in [1.807, 2.05) is 12.1 Å². The van der Waals surface area contributed by atoms with Gasteiger partial charge in [-0.05, 0) is 72.2 Å². The maximum atomic E-state index is 13.6. The summed E-state index contributed by atoms with van der Waals surface area (Å²) in [5.41, 5.74) is 2.20. The molecule has 1 fully saturated rings. The van der Waals surface area contributed by atoms with Crippen molar-refractivity contribution in [2.45, 2.75) is 49.5 Å². The summed E-state index contributed by atoms with van der Waals surface area (Å²) in [7, 11) is 0. The number of carboxylic acid groups (broad SMARTS) is 1. The minimum Gasteiger partial charge on any atom is -0.507 e. The van der Waals surface area contributed by atoms with E-state index in [4.69, 9.17) is 5.26 Å². The third-order valence-corrected chi connectivity index (χ3v) is 7.47. The molecule has 38 heavy (non-hydrogen) atoms. The Morgan fingerprint density at radius 1 is 1.05 bits per heavy atom. The number of carbonyl (C=O) groups excluding carboxylic acids is 1. The standard InChI is InChI=1S/C29H28FN3O4S/c30-26-13-11-24(14-22(26)16-31)38-32-17-28(35)33(23-10-12-25(29(36)37)27(34)15-23)18-19-6-8-21(9-7-19)20-4-2-1-3-5-20/h6-15,20,32,34H,1-5,17-18H2,(H,36,37). The van der Waals surface area contributed by atoms with Crippen LogP contribution in [0.2, 0.25) is 0 Å². The first kappa shape index (κ1) is 27.2. The number of benzene rings is 3. The van der Waals surface area contributed by atoms with Crippen molar-refractivity contribution >= 4 is 29.5 Å². The largest absolute Gasteiger partial charge is 0.507 e. The number of hydrogen-bond acceptors (Lipinski definition) is 6. The highest BCUT2D eigenvalue weighted by atomic mass is 32.2. The lowest BCUT2D eigenvalue weighted by Gasteiger charge is -2.25. The van der Waals surface area contributed by atoms with Gasteiger partial charge in [0.15, 0.2) is 0 Å². The summed E-state index contributed by atoms with van der Waals surface area (Å²) in [5.74, 6) is -2.07. The Balaban J connectivity index is 1.50. The van der Waals surface area contributed by atoms with Gasteiger partial charge in [0.05, 0.1) is 18.7 Å². The highest BCUT2D eigenvalue weighted by Gasteiger charge is 2.20. The molecule has 9 heteroatoms. The van der Waals surface area contributed by atoms with Crippen LogP contribution in [0.5, 0.6) is 5.75 Å². The molecule has 1 amide bonds. The van der Waals surface area contributed by atoms with Gasteiger partial charge >= 0.3 is 5.97 Å². The molecule has 1 aliphatic rings. The van der Waals surface area contributed by atoms with E-state index < -0.39 is 17.5 Å². The van der Waals surface area contributed by atoms with Crippen molar-refractivity contribution in [3.63, 3.8) is 0 Å². The summed E-state index contributed by atoms with van der Waals surface area (Å²) in [6, 6.07) is 18.1. The van der Waals surface area contributed by atoms with Gasteiger partial charge in [-0.2, -0.15) is 5.26 Å². The maximum absolute atomic E-state index is 13.6. The number of halogens is 1. The van der Waals surface area contributed by atoms with Crippen LogP contribution in [0.15, 0.2) is 65.6 Å². The van der Waals surface area contributed by atoms with Gasteiger partial charge in [0, 0.05) is 16.6 Å². The van der Waals surface area contributed by atoms with E-state index in [1.165, 1.54) is 79.0 Å². The number of carboxylic acids is 1. The number of phenols is 1. The molecule has 3 aromatic rings. The molecule has 3 aromatic carbocycles. The quantitative estimate of drug-likeness (QED) is 0.290. The maximum Gasteiger partial charge on any atom is 0.339 e. The molecule has 0 spiro atoms. The third kappa shape index (κ3) is 6.71. The second kappa shape index (κ2) is 12.6. The Morgan fingerprint density at radius 3 is 2.45 bits per heavy atom. The number of nitrogens with zero attached hydrogens (tertiary/aromatic N) is 2. The molecule has 0 heterocycles. The molecule has 0 unspecified atom stereocenters. The Hall–Kier alpha value is -3.87. The Kier molecular flexibility index (Phi) is 9.00. The minimum atomic E-state index is -1.26. The normalized spacial score (nSPS) is 13.6. The van der Waals surface area contributed by atoms with Gasteiger partial charge in [-0.3, -0.25) is 9.52 Å². The van der Waals surface area contributed by atoms with E-state index in [-0.39, 0.29) is 30.1 Å². The molecule has 3 N–H and O–H groups in total.